The van der Waals surface area contributed by atoms with Gasteiger partial charge in [-0.3, -0.25) is 0 Å². The molecular formula is C18H27BrO. The number of unbranched alkanes of at least 4 members (excludes halogenated alkanes) is 4. The third-order valence-electron chi connectivity index (χ3n) is 4.33. The van der Waals surface area contributed by atoms with Gasteiger partial charge >= 0.3 is 0 Å². The minimum atomic E-state index is 0.319. The maximum atomic E-state index is 6.08. The Morgan fingerprint density at radius 3 is 2.45 bits per heavy atom. The van der Waals surface area contributed by atoms with E-state index in [2.05, 4.69) is 47.1 Å². The van der Waals surface area contributed by atoms with Crippen LogP contribution in [0.4, 0.5) is 0 Å². The van der Waals surface area contributed by atoms with Crippen molar-refractivity contribution in [3.63, 3.8) is 0 Å². The highest BCUT2D eigenvalue weighted by molar-refractivity contribution is 9.10. The first-order chi connectivity index (χ1) is 9.79. The van der Waals surface area contributed by atoms with Gasteiger partial charge in [0.2, 0.25) is 0 Å². The summed E-state index contributed by atoms with van der Waals surface area (Å²) < 4.78 is 7.22. The van der Waals surface area contributed by atoms with E-state index in [1.165, 1.54) is 56.9 Å². The summed E-state index contributed by atoms with van der Waals surface area (Å²) in [6.07, 6.45) is 11.1. The van der Waals surface area contributed by atoms with E-state index in [4.69, 9.17) is 4.74 Å². The van der Waals surface area contributed by atoms with Gasteiger partial charge < -0.3 is 4.74 Å². The van der Waals surface area contributed by atoms with Gasteiger partial charge in [0.05, 0.1) is 12.7 Å². The molecule has 2 heteroatoms. The van der Waals surface area contributed by atoms with Gasteiger partial charge in [0, 0.05) is 4.47 Å². The Morgan fingerprint density at radius 2 is 1.80 bits per heavy atom. The zero-order valence-electron chi connectivity index (χ0n) is 12.6. The normalized spacial score (nSPS) is 22.9. The second kappa shape index (κ2) is 8.84. The van der Waals surface area contributed by atoms with Crippen LogP contribution >= 0.6 is 15.9 Å². The van der Waals surface area contributed by atoms with Crippen molar-refractivity contribution in [3.05, 3.63) is 34.3 Å². The molecule has 2 atom stereocenters. The first-order valence-corrected chi connectivity index (χ1v) is 8.96. The lowest BCUT2D eigenvalue weighted by Crippen LogP contribution is -2.20. The summed E-state index contributed by atoms with van der Waals surface area (Å²) in [5, 5.41) is 0. The quantitative estimate of drug-likeness (QED) is 0.531. The molecule has 112 valence electrons. The van der Waals surface area contributed by atoms with E-state index in [1.54, 1.807) is 0 Å². The van der Waals surface area contributed by atoms with Gasteiger partial charge in [0.25, 0.3) is 0 Å². The second-order valence-electron chi connectivity index (χ2n) is 6.02. The predicted octanol–water partition coefficient (Wildman–Crippen LogP) is 6.28. The minimum Gasteiger partial charge on any atom is -0.373 e. The van der Waals surface area contributed by atoms with E-state index in [9.17, 15) is 0 Å². The van der Waals surface area contributed by atoms with Gasteiger partial charge in [0.15, 0.2) is 0 Å². The number of halogens is 1. The summed E-state index contributed by atoms with van der Waals surface area (Å²) in [5.74, 6) is 0.795. The summed E-state index contributed by atoms with van der Waals surface area (Å²) in [5.41, 5.74) is 1.33. The Kier molecular flexibility index (Phi) is 7.09. The molecule has 1 aromatic rings. The monoisotopic (exact) mass is 338 g/mol. The molecule has 20 heavy (non-hydrogen) atoms. The molecule has 2 rings (SSSR count). The van der Waals surface area contributed by atoms with Crippen molar-refractivity contribution in [2.75, 3.05) is 6.61 Å². The van der Waals surface area contributed by atoms with Crippen molar-refractivity contribution in [2.45, 2.75) is 64.4 Å². The van der Waals surface area contributed by atoms with Gasteiger partial charge in [-0.05, 0) is 42.9 Å². The Balaban J connectivity index is 1.66. The molecule has 1 aliphatic heterocycles. The molecule has 2 unspecified atom stereocenters. The second-order valence-corrected chi connectivity index (χ2v) is 6.94. The standard InChI is InChI=1S/C18H27BrO/c1-2-3-4-5-6-7-15-8-13-18(20-14-15)16-9-11-17(19)12-10-16/h9-12,15,18H,2-8,13-14H2,1H3. The zero-order chi connectivity index (χ0) is 14.2. The smallest absolute Gasteiger partial charge is 0.0825 e. The number of ether oxygens (including phenoxy) is 1. The average Bonchev–Trinajstić information content (AvgIpc) is 2.49. The summed E-state index contributed by atoms with van der Waals surface area (Å²) in [6.45, 7) is 3.23. The summed E-state index contributed by atoms with van der Waals surface area (Å²) in [4.78, 5) is 0. The van der Waals surface area contributed by atoms with Crippen LogP contribution in [0.1, 0.15) is 70.0 Å². The summed E-state index contributed by atoms with van der Waals surface area (Å²) in [7, 11) is 0. The molecular weight excluding hydrogens is 312 g/mol. The van der Waals surface area contributed by atoms with Crippen molar-refractivity contribution >= 4 is 15.9 Å². The van der Waals surface area contributed by atoms with Crippen molar-refractivity contribution in [2.24, 2.45) is 5.92 Å². The van der Waals surface area contributed by atoms with Gasteiger partial charge in [-0.15, -0.1) is 0 Å². The lowest BCUT2D eigenvalue weighted by molar-refractivity contribution is -0.0199. The van der Waals surface area contributed by atoms with Crippen LogP contribution in [-0.4, -0.2) is 6.61 Å². The SMILES string of the molecule is CCCCCCCC1CCC(c2ccc(Br)cc2)OC1. The van der Waals surface area contributed by atoms with Crippen molar-refractivity contribution < 1.29 is 4.74 Å². The van der Waals surface area contributed by atoms with Gasteiger partial charge in [-0.2, -0.15) is 0 Å². The van der Waals surface area contributed by atoms with Gasteiger partial charge in [-0.1, -0.05) is 67.1 Å². The van der Waals surface area contributed by atoms with E-state index >= 15 is 0 Å². The highest BCUT2D eigenvalue weighted by Crippen LogP contribution is 2.33. The first-order valence-electron chi connectivity index (χ1n) is 8.16. The van der Waals surface area contributed by atoms with Crippen LogP contribution in [0.25, 0.3) is 0 Å². The molecule has 0 saturated carbocycles. The largest absolute Gasteiger partial charge is 0.373 e. The van der Waals surface area contributed by atoms with Crippen LogP contribution in [-0.2, 0) is 4.74 Å². The molecule has 0 aromatic heterocycles. The number of rotatable bonds is 7. The number of hydrogen-bond acceptors (Lipinski definition) is 1. The van der Waals surface area contributed by atoms with E-state index in [0.29, 0.717) is 6.10 Å². The van der Waals surface area contributed by atoms with Crippen molar-refractivity contribution in [1.82, 2.24) is 0 Å². The molecule has 0 spiro atoms. The molecule has 0 N–H and O–H groups in total. The highest BCUT2D eigenvalue weighted by Gasteiger charge is 2.22. The van der Waals surface area contributed by atoms with E-state index < -0.39 is 0 Å². The van der Waals surface area contributed by atoms with Crippen LogP contribution in [0.2, 0.25) is 0 Å². The van der Waals surface area contributed by atoms with Crippen LogP contribution in [0.5, 0.6) is 0 Å². The van der Waals surface area contributed by atoms with Crippen LogP contribution in [0.15, 0.2) is 28.7 Å². The van der Waals surface area contributed by atoms with Gasteiger partial charge in [-0.25, -0.2) is 0 Å². The predicted molar refractivity (Wildman–Crippen MR) is 88.9 cm³/mol. The molecule has 0 amide bonds. The Labute approximate surface area is 132 Å². The minimum absolute atomic E-state index is 0.319. The highest BCUT2D eigenvalue weighted by atomic mass is 79.9. The fourth-order valence-corrected chi connectivity index (χ4v) is 3.27. The molecule has 1 aliphatic rings. The molecule has 1 heterocycles. The Morgan fingerprint density at radius 1 is 1.05 bits per heavy atom. The topological polar surface area (TPSA) is 9.23 Å². The molecule has 1 fully saturated rings. The van der Waals surface area contributed by atoms with Crippen LogP contribution in [0.3, 0.4) is 0 Å². The molecule has 1 saturated heterocycles. The Bertz CT molecular complexity index is 366. The summed E-state index contributed by atoms with van der Waals surface area (Å²) >= 11 is 3.48. The fourth-order valence-electron chi connectivity index (χ4n) is 3.01. The lowest BCUT2D eigenvalue weighted by Gasteiger charge is -2.29. The number of hydrogen-bond donors (Lipinski definition) is 0. The lowest BCUT2D eigenvalue weighted by atomic mass is 9.91. The van der Waals surface area contributed by atoms with Crippen LogP contribution in [0, 0.1) is 5.92 Å². The third kappa shape index (κ3) is 5.21. The fraction of sp³-hybridized carbons (Fsp3) is 0.667. The maximum absolute atomic E-state index is 6.08. The molecule has 0 radical (unpaired) electrons. The maximum Gasteiger partial charge on any atom is 0.0825 e. The number of benzene rings is 1. The molecule has 0 aliphatic carbocycles. The van der Waals surface area contributed by atoms with Gasteiger partial charge in [0.1, 0.15) is 0 Å². The zero-order valence-corrected chi connectivity index (χ0v) is 14.2. The third-order valence-corrected chi connectivity index (χ3v) is 4.86. The van der Waals surface area contributed by atoms with E-state index in [1.807, 2.05) is 0 Å². The molecule has 1 nitrogen and oxygen atoms in total. The Hall–Kier alpha value is -0.340. The average molecular weight is 339 g/mol. The van der Waals surface area contributed by atoms with Crippen molar-refractivity contribution in [3.8, 4) is 0 Å². The molecule has 1 aromatic carbocycles. The summed E-state index contributed by atoms with van der Waals surface area (Å²) in [6, 6.07) is 8.58. The van der Waals surface area contributed by atoms with E-state index in [-0.39, 0.29) is 0 Å². The van der Waals surface area contributed by atoms with Crippen LogP contribution < -0.4 is 0 Å². The van der Waals surface area contributed by atoms with E-state index in [0.717, 1.165) is 17.0 Å². The van der Waals surface area contributed by atoms with Crippen molar-refractivity contribution in [1.29, 1.82) is 0 Å². The molecule has 0 bridgehead atoms. The first kappa shape index (κ1) is 16.0.